The lowest BCUT2D eigenvalue weighted by molar-refractivity contribution is 0.0526. The molecule has 0 saturated heterocycles. The molecule has 0 fully saturated rings. The summed E-state index contributed by atoms with van der Waals surface area (Å²) in [4.78, 5) is 15.7. The van der Waals surface area contributed by atoms with E-state index < -0.39 is 5.97 Å². The number of pyridine rings is 1. The third kappa shape index (κ3) is 2.96. The van der Waals surface area contributed by atoms with Gasteiger partial charge in [-0.25, -0.2) is 4.79 Å². The molecule has 0 aliphatic rings. The van der Waals surface area contributed by atoms with E-state index in [1.807, 2.05) is 6.07 Å². The van der Waals surface area contributed by atoms with Crippen LogP contribution in [0.2, 0.25) is 0 Å². The van der Waals surface area contributed by atoms with Gasteiger partial charge in [-0.05, 0) is 30.7 Å². The van der Waals surface area contributed by atoms with Crippen molar-refractivity contribution in [2.75, 3.05) is 6.61 Å². The molecule has 2 aromatic rings. The summed E-state index contributed by atoms with van der Waals surface area (Å²) in [5.41, 5.74) is 2.60. The summed E-state index contributed by atoms with van der Waals surface area (Å²) in [7, 11) is 0. The molecule has 1 heterocycles. The molecular formula is C15H12N2O2. The Labute approximate surface area is 111 Å². The largest absolute Gasteiger partial charge is 0.462 e. The van der Waals surface area contributed by atoms with E-state index in [0.717, 1.165) is 11.1 Å². The monoisotopic (exact) mass is 252 g/mol. The Morgan fingerprint density at radius 2 is 2.16 bits per heavy atom. The van der Waals surface area contributed by atoms with Crippen molar-refractivity contribution in [3.63, 3.8) is 0 Å². The molecule has 0 atom stereocenters. The average molecular weight is 252 g/mol. The number of hydrogen-bond donors (Lipinski definition) is 0. The van der Waals surface area contributed by atoms with E-state index in [-0.39, 0.29) is 0 Å². The molecule has 2 rings (SSSR count). The van der Waals surface area contributed by atoms with Crippen molar-refractivity contribution in [3.05, 3.63) is 53.9 Å². The Morgan fingerprint density at radius 1 is 1.32 bits per heavy atom. The maximum atomic E-state index is 11.6. The molecule has 0 amide bonds. The molecule has 0 unspecified atom stereocenters. The van der Waals surface area contributed by atoms with Gasteiger partial charge in [-0.1, -0.05) is 12.1 Å². The predicted octanol–water partition coefficient (Wildman–Crippen LogP) is 2.80. The van der Waals surface area contributed by atoms with Crippen LogP contribution in [0.5, 0.6) is 0 Å². The van der Waals surface area contributed by atoms with Crippen LogP contribution in [-0.2, 0) is 4.74 Å². The Morgan fingerprint density at radius 3 is 2.89 bits per heavy atom. The quantitative estimate of drug-likeness (QED) is 0.788. The Balaban J connectivity index is 2.38. The topological polar surface area (TPSA) is 63.0 Å². The second-order valence-electron chi connectivity index (χ2n) is 3.88. The molecular weight excluding hydrogens is 240 g/mol. The maximum Gasteiger partial charge on any atom is 0.339 e. The molecule has 19 heavy (non-hydrogen) atoms. The van der Waals surface area contributed by atoms with E-state index in [1.54, 1.807) is 37.4 Å². The highest BCUT2D eigenvalue weighted by atomic mass is 16.5. The van der Waals surface area contributed by atoms with Gasteiger partial charge < -0.3 is 4.74 Å². The molecule has 0 spiro atoms. The van der Waals surface area contributed by atoms with Gasteiger partial charge in [0.2, 0.25) is 0 Å². The van der Waals surface area contributed by atoms with Gasteiger partial charge >= 0.3 is 5.97 Å². The molecule has 0 aliphatic carbocycles. The zero-order valence-corrected chi connectivity index (χ0v) is 10.5. The fourth-order valence-corrected chi connectivity index (χ4v) is 1.69. The van der Waals surface area contributed by atoms with Crippen LogP contribution >= 0.6 is 0 Å². The minimum absolute atomic E-state index is 0.326. The zero-order chi connectivity index (χ0) is 13.7. The minimum Gasteiger partial charge on any atom is -0.462 e. The molecule has 4 nitrogen and oxygen atoms in total. The van der Waals surface area contributed by atoms with Crippen LogP contribution < -0.4 is 0 Å². The van der Waals surface area contributed by atoms with Crippen molar-refractivity contribution in [1.82, 2.24) is 4.98 Å². The molecule has 0 saturated carbocycles. The third-order valence-corrected chi connectivity index (χ3v) is 2.57. The van der Waals surface area contributed by atoms with Crippen LogP contribution in [-0.4, -0.2) is 17.6 Å². The summed E-state index contributed by atoms with van der Waals surface area (Å²) < 4.78 is 4.93. The second-order valence-corrected chi connectivity index (χ2v) is 3.88. The zero-order valence-electron chi connectivity index (χ0n) is 10.5. The number of nitrogens with zero attached hydrogens (tertiary/aromatic N) is 2. The molecule has 4 heteroatoms. The average Bonchev–Trinajstić information content (AvgIpc) is 2.48. The standard InChI is InChI=1S/C15H12N2O2/c1-2-19-15(18)14-7-13(9-17-10-14)12-5-3-4-11(6-12)8-16/h3-7,9-10H,2H2,1H3. The van der Waals surface area contributed by atoms with Crippen LogP contribution in [0, 0.1) is 11.3 Å². The van der Waals surface area contributed by atoms with Crippen molar-refractivity contribution in [2.24, 2.45) is 0 Å². The molecule has 0 N–H and O–H groups in total. The van der Waals surface area contributed by atoms with Gasteiger partial charge in [0.15, 0.2) is 0 Å². The third-order valence-electron chi connectivity index (χ3n) is 2.57. The van der Waals surface area contributed by atoms with Gasteiger partial charge in [-0.15, -0.1) is 0 Å². The summed E-state index contributed by atoms with van der Waals surface area (Å²) in [6.07, 6.45) is 3.12. The normalized spacial score (nSPS) is 9.68. The first-order valence-electron chi connectivity index (χ1n) is 5.87. The van der Waals surface area contributed by atoms with Crippen LogP contribution in [0.4, 0.5) is 0 Å². The van der Waals surface area contributed by atoms with Crippen LogP contribution in [0.1, 0.15) is 22.8 Å². The number of nitriles is 1. The molecule has 0 bridgehead atoms. The Bertz CT molecular complexity index is 645. The Hall–Kier alpha value is -2.67. The smallest absolute Gasteiger partial charge is 0.339 e. The molecule has 0 radical (unpaired) electrons. The number of aromatic nitrogens is 1. The number of rotatable bonds is 3. The van der Waals surface area contributed by atoms with E-state index >= 15 is 0 Å². The first-order valence-corrected chi connectivity index (χ1v) is 5.87. The minimum atomic E-state index is -0.395. The van der Waals surface area contributed by atoms with Crippen LogP contribution in [0.25, 0.3) is 11.1 Å². The van der Waals surface area contributed by atoms with Gasteiger partial charge in [-0.3, -0.25) is 4.98 Å². The lowest BCUT2D eigenvalue weighted by atomic mass is 10.0. The van der Waals surface area contributed by atoms with E-state index in [2.05, 4.69) is 11.1 Å². The first kappa shape index (κ1) is 12.8. The van der Waals surface area contributed by atoms with Gasteiger partial charge in [-0.2, -0.15) is 5.26 Å². The van der Waals surface area contributed by atoms with E-state index in [1.165, 1.54) is 6.20 Å². The van der Waals surface area contributed by atoms with E-state index in [0.29, 0.717) is 17.7 Å². The number of benzene rings is 1. The lowest BCUT2D eigenvalue weighted by Gasteiger charge is -2.05. The van der Waals surface area contributed by atoms with E-state index in [4.69, 9.17) is 10.00 Å². The summed E-state index contributed by atoms with van der Waals surface area (Å²) in [5.74, 6) is -0.395. The second kappa shape index (κ2) is 5.78. The summed E-state index contributed by atoms with van der Waals surface area (Å²) in [5, 5.41) is 8.88. The Kier molecular flexibility index (Phi) is 3.89. The van der Waals surface area contributed by atoms with E-state index in [9.17, 15) is 4.79 Å². The van der Waals surface area contributed by atoms with Crippen LogP contribution in [0.3, 0.4) is 0 Å². The van der Waals surface area contributed by atoms with Crippen molar-refractivity contribution < 1.29 is 9.53 Å². The highest BCUT2D eigenvalue weighted by molar-refractivity contribution is 5.90. The molecule has 1 aromatic carbocycles. The maximum absolute atomic E-state index is 11.6. The fourth-order valence-electron chi connectivity index (χ4n) is 1.69. The summed E-state index contributed by atoms with van der Waals surface area (Å²) in [6, 6.07) is 10.9. The lowest BCUT2D eigenvalue weighted by Crippen LogP contribution is -2.05. The summed E-state index contributed by atoms with van der Waals surface area (Å²) >= 11 is 0. The number of carbonyl (C=O) groups is 1. The number of esters is 1. The number of carbonyl (C=O) groups excluding carboxylic acids is 1. The van der Waals surface area contributed by atoms with Gasteiger partial charge in [0.05, 0.1) is 23.8 Å². The van der Waals surface area contributed by atoms with Crippen molar-refractivity contribution in [1.29, 1.82) is 5.26 Å². The highest BCUT2D eigenvalue weighted by Gasteiger charge is 2.08. The number of hydrogen-bond acceptors (Lipinski definition) is 4. The SMILES string of the molecule is CCOC(=O)c1cncc(-c2cccc(C#N)c2)c1. The first-order chi connectivity index (χ1) is 9.24. The van der Waals surface area contributed by atoms with Crippen molar-refractivity contribution >= 4 is 5.97 Å². The summed E-state index contributed by atoms with van der Waals surface area (Å²) in [6.45, 7) is 2.08. The van der Waals surface area contributed by atoms with Gasteiger partial charge in [0, 0.05) is 18.0 Å². The molecule has 0 aliphatic heterocycles. The fraction of sp³-hybridized carbons (Fsp3) is 0.133. The number of ether oxygens (including phenoxy) is 1. The molecule has 1 aromatic heterocycles. The van der Waals surface area contributed by atoms with Gasteiger partial charge in [0.25, 0.3) is 0 Å². The highest BCUT2D eigenvalue weighted by Crippen LogP contribution is 2.20. The van der Waals surface area contributed by atoms with Crippen molar-refractivity contribution in [3.8, 4) is 17.2 Å². The predicted molar refractivity (Wildman–Crippen MR) is 70.3 cm³/mol. The van der Waals surface area contributed by atoms with Crippen LogP contribution in [0.15, 0.2) is 42.7 Å². The van der Waals surface area contributed by atoms with Gasteiger partial charge in [0.1, 0.15) is 0 Å². The van der Waals surface area contributed by atoms with Crippen molar-refractivity contribution in [2.45, 2.75) is 6.92 Å². The molecule has 94 valence electrons.